The van der Waals surface area contributed by atoms with Crippen molar-refractivity contribution in [3.8, 4) is 0 Å². The molecule has 0 spiro atoms. The highest BCUT2D eigenvalue weighted by molar-refractivity contribution is 6.33. The Balaban J connectivity index is 1.77. The molecule has 2 aliphatic rings. The van der Waals surface area contributed by atoms with Crippen LogP contribution in [0.4, 0.5) is 0 Å². The van der Waals surface area contributed by atoms with Gasteiger partial charge in [-0.1, -0.05) is 30.3 Å². The summed E-state index contributed by atoms with van der Waals surface area (Å²) in [6, 6.07) is 9.36. The van der Waals surface area contributed by atoms with Gasteiger partial charge >= 0.3 is 0 Å². The highest BCUT2D eigenvalue weighted by atomic mass is 16.2. The molecule has 1 aromatic carbocycles. The first-order chi connectivity index (χ1) is 9.25. The molecule has 98 valence electrons. The first-order valence-corrected chi connectivity index (χ1v) is 6.59. The molecule has 2 amide bonds. The quantitative estimate of drug-likeness (QED) is 0.822. The molecular weight excluding hydrogens is 240 g/mol. The van der Waals surface area contributed by atoms with Gasteiger partial charge in [-0.15, -0.1) is 0 Å². The second kappa shape index (κ2) is 4.97. The van der Waals surface area contributed by atoms with Gasteiger partial charge in [-0.25, -0.2) is 0 Å². The van der Waals surface area contributed by atoms with Gasteiger partial charge in [0, 0.05) is 12.6 Å². The van der Waals surface area contributed by atoms with Crippen molar-refractivity contribution in [2.75, 3.05) is 19.6 Å². The number of amides is 2. The molecule has 1 fully saturated rings. The largest absolute Gasteiger partial charge is 0.316 e. The summed E-state index contributed by atoms with van der Waals surface area (Å²) >= 11 is 0. The number of hydrogen-bond donors (Lipinski definition) is 1. The van der Waals surface area contributed by atoms with Crippen molar-refractivity contribution in [1.29, 1.82) is 0 Å². The molecule has 4 nitrogen and oxygen atoms in total. The van der Waals surface area contributed by atoms with E-state index in [2.05, 4.69) is 5.32 Å². The summed E-state index contributed by atoms with van der Waals surface area (Å²) in [6.45, 7) is 2.38. The van der Waals surface area contributed by atoms with Crippen LogP contribution in [-0.4, -0.2) is 36.3 Å². The van der Waals surface area contributed by atoms with E-state index in [9.17, 15) is 9.59 Å². The number of carbonyl (C=O) groups is 2. The minimum atomic E-state index is -0.184. The number of carbonyl (C=O) groups excluding carboxylic acids is 2. The SMILES string of the molecule is O=C1C=C(c2ccccc2)C(=O)N1C[C@H]1CCNC1. The van der Waals surface area contributed by atoms with Crippen LogP contribution in [0, 0.1) is 5.92 Å². The zero-order valence-electron chi connectivity index (χ0n) is 10.6. The Morgan fingerprint density at radius 1 is 1.21 bits per heavy atom. The van der Waals surface area contributed by atoms with E-state index in [1.807, 2.05) is 30.3 Å². The maximum Gasteiger partial charge on any atom is 0.261 e. The van der Waals surface area contributed by atoms with E-state index in [-0.39, 0.29) is 11.8 Å². The number of rotatable bonds is 3. The number of imide groups is 1. The van der Waals surface area contributed by atoms with Gasteiger partial charge < -0.3 is 5.32 Å². The first kappa shape index (κ1) is 12.1. The second-order valence-corrected chi connectivity index (χ2v) is 5.04. The fraction of sp³-hybridized carbons (Fsp3) is 0.333. The fourth-order valence-corrected chi connectivity index (χ4v) is 2.63. The number of nitrogens with one attached hydrogen (secondary N) is 1. The summed E-state index contributed by atoms with van der Waals surface area (Å²) in [6.07, 6.45) is 2.48. The summed E-state index contributed by atoms with van der Waals surface area (Å²) < 4.78 is 0. The molecule has 0 aliphatic carbocycles. The van der Waals surface area contributed by atoms with E-state index in [1.165, 1.54) is 11.0 Å². The van der Waals surface area contributed by atoms with Crippen molar-refractivity contribution in [2.45, 2.75) is 6.42 Å². The van der Waals surface area contributed by atoms with Gasteiger partial charge in [-0.2, -0.15) is 0 Å². The Bertz CT molecular complexity index is 530. The third-order valence-electron chi connectivity index (χ3n) is 3.70. The molecule has 1 N–H and O–H groups in total. The van der Waals surface area contributed by atoms with E-state index < -0.39 is 0 Å². The topological polar surface area (TPSA) is 49.4 Å². The van der Waals surface area contributed by atoms with Gasteiger partial charge in [0.1, 0.15) is 0 Å². The molecule has 1 aromatic rings. The minimum absolute atomic E-state index is 0.164. The molecule has 0 saturated carbocycles. The monoisotopic (exact) mass is 256 g/mol. The average molecular weight is 256 g/mol. The van der Waals surface area contributed by atoms with Crippen LogP contribution in [0.5, 0.6) is 0 Å². The van der Waals surface area contributed by atoms with Crippen molar-refractivity contribution in [2.24, 2.45) is 5.92 Å². The molecular formula is C15H16N2O2. The Labute approximate surface area is 112 Å². The summed E-state index contributed by atoms with van der Waals surface area (Å²) in [7, 11) is 0. The summed E-state index contributed by atoms with van der Waals surface area (Å²) in [5.41, 5.74) is 1.32. The lowest BCUT2D eigenvalue weighted by molar-refractivity contribution is -0.137. The van der Waals surface area contributed by atoms with Crippen LogP contribution in [0.25, 0.3) is 5.57 Å². The molecule has 3 rings (SSSR count). The van der Waals surface area contributed by atoms with Gasteiger partial charge in [-0.3, -0.25) is 14.5 Å². The molecule has 1 atom stereocenters. The van der Waals surface area contributed by atoms with Crippen LogP contribution in [0.2, 0.25) is 0 Å². The molecule has 1 saturated heterocycles. The minimum Gasteiger partial charge on any atom is -0.316 e. The van der Waals surface area contributed by atoms with Gasteiger partial charge in [0.2, 0.25) is 0 Å². The number of benzene rings is 1. The van der Waals surface area contributed by atoms with Gasteiger partial charge in [0.15, 0.2) is 0 Å². The molecule has 19 heavy (non-hydrogen) atoms. The zero-order chi connectivity index (χ0) is 13.2. The molecule has 2 aliphatic heterocycles. The summed E-state index contributed by atoms with van der Waals surface area (Å²) in [5, 5.41) is 3.25. The van der Waals surface area contributed by atoms with E-state index in [4.69, 9.17) is 0 Å². The maximum absolute atomic E-state index is 12.3. The van der Waals surface area contributed by atoms with Gasteiger partial charge in [-0.05, 0) is 31.0 Å². The molecule has 2 heterocycles. The normalized spacial score (nSPS) is 23.1. The Morgan fingerprint density at radius 3 is 2.68 bits per heavy atom. The molecule has 0 radical (unpaired) electrons. The van der Waals surface area contributed by atoms with E-state index in [1.54, 1.807) is 0 Å². The average Bonchev–Trinajstić information content (AvgIpc) is 3.03. The lowest BCUT2D eigenvalue weighted by atomic mass is 10.1. The zero-order valence-corrected chi connectivity index (χ0v) is 10.6. The third kappa shape index (κ3) is 2.31. The highest BCUT2D eigenvalue weighted by Gasteiger charge is 2.33. The number of nitrogens with zero attached hydrogens (tertiary/aromatic N) is 1. The van der Waals surface area contributed by atoms with Gasteiger partial charge in [0.05, 0.1) is 5.57 Å². The van der Waals surface area contributed by atoms with Crippen molar-refractivity contribution in [3.05, 3.63) is 42.0 Å². The molecule has 0 aromatic heterocycles. The second-order valence-electron chi connectivity index (χ2n) is 5.04. The highest BCUT2D eigenvalue weighted by Crippen LogP contribution is 2.24. The Morgan fingerprint density at radius 2 is 2.00 bits per heavy atom. The van der Waals surface area contributed by atoms with Crippen molar-refractivity contribution < 1.29 is 9.59 Å². The fourth-order valence-electron chi connectivity index (χ4n) is 2.63. The van der Waals surface area contributed by atoms with Gasteiger partial charge in [0.25, 0.3) is 11.8 Å². The van der Waals surface area contributed by atoms with Crippen LogP contribution in [-0.2, 0) is 9.59 Å². The lowest BCUT2D eigenvalue weighted by Gasteiger charge is -2.18. The molecule has 0 unspecified atom stereocenters. The van der Waals surface area contributed by atoms with E-state index in [0.29, 0.717) is 18.0 Å². The number of hydrogen-bond acceptors (Lipinski definition) is 3. The van der Waals surface area contributed by atoms with Crippen molar-refractivity contribution in [1.82, 2.24) is 10.2 Å². The standard InChI is InChI=1S/C15H16N2O2/c18-14-8-13(12-4-2-1-3-5-12)15(19)17(14)10-11-6-7-16-9-11/h1-5,8,11,16H,6-7,9-10H2/t11-/m0/s1. The molecule has 0 bridgehead atoms. The van der Waals surface area contributed by atoms with E-state index >= 15 is 0 Å². The first-order valence-electron chi connectivity index (χ1n) is 6.59. The predicted octanol–water partition coefficient (Wildman–Crippen LogP) is 1.05. The molecule has 4 heteroatoms. The van der Waals surface area contributed by atoms with Crippen molar-refractivity contribution in [3.63, 3.8) is 0 Å². The Kier molecular flexibility index (Phi) is 3.17. The van der Waals surface area contributed by atoms with Crippen LogP contribution >= 0.6 is 0 Å². The predicted molar refractivity (Wildman–Crippen MR) is 72.1 cm³/mol. The van der Waals surface area contributed by atoms with E-state index in [0.717, 1.165) is 25.1 Å². The maximum atomic E-state index is 12.3. The Hall–Kier alpha value is -1.94. The smallest absolute Gasteiger partial charge is 0.261 e. The van der Waals surface area contributed by atoms with Crippen LogP contribution in [0.3, 0.4) is 0 Å². The summed E-state index contributed by atoms with van der Waals surface area (Å²) in [4.78, 5) is 25.7. The third-order valence-corrected chi connectivity index (χ3v) is 3.70. The van der Waals surface area contributed by atoms with Crippen molar-refractivity contribution >= 4 is 17.4 Å². The van der Waals surface area contributed by atoms with Crippen LogP contribution in [0.15, 0.2) is 36.4 Å². The lowest BCUT2D eigenvalue weighted by Crippen LogP contribution is -2.36. The van der Waals surface area contributed by atoms with Crippen LogP contribution in [0.1, 0.15) is 12.0 Å². The summed E-state index contributed by atoms with van der Waals surface area (Å²) in [5.74, 6) is 0.0373. The van der Waals surface area contributed by atoms with Crippen LogP contribution < -0.4 is 5.32 Å².